The molecule has 3 heteroatoms. The molecule has 1 unspecified atom stereocenters. The number of likely N-dealkylation sites (tertiary alicyclic amines) is 1. The van der Waals surface area contributed by atoms with Gasteiger partial charge in [-0.3, -0.25) is 0 Å². The van der Waals surface area contributed by atoms with Gasteiger partial charge in [0, 0.05) is 0 Å². The van der Waals surface area contributed by atoms with Gasteiger partial charge in [0.1, 0.15) is 0 Å². The summed E-state index contributed by atoms with van der Waals surface area (Å²) in [5, 5.41) is 1.32. The summed E-state index contributed by atoms with van der Waals surface area (Å²) in [6.07, 6.45) is 9.31. The van der Waals surface area contributed by atoms with E-state index in [1.54, 1.807) is 0 Å². The van der Waals surface area contributed by atoms with Gasteiger partial charge in [0.25, 0.3) is 0 Å². The topological polar surface area (TPSA) is 12.5 Å². The molecule has 2 nitrogen and oxygen atoms in total. The fourth-order valence-electron chi connectivity index (χ4n) is 4.08. The van der Waals surface area contributed by atoms with Crippen molar-refractivity contribution in [3.8, 4) is 5.75 Å². The average molecular weight is 456 g/mol. The van der Waals surface area contributed by atoms with E-state index in [0.29, 0.717) is 0 Å². The van der Waals surface area contributed by atoms with E-state index in [9.17, 15) is 0 Å². The van der Waals surface area contributed by atoms with Crippen LogP contribution in [-0.4, -0.2) is 39.2 Å². The third kappa shape index (κ3) is 8.19. The third-order valence-electron chi connectivity index (χ3n) is 5.85. The van der Waals surface area contributed by atoms with Gasteiger partial charge in [0.05, 0.1) is 0 Å². The van der Waals surface area contributed by atoms with Crippen LogP contribution >= 0.6 is 0 Å². The van der Waals surface area contributed by atoms with Crippen LogP contribution in [0.25, 0.3) is 0 Å². The van der Waals surface area contributed by atoms with Crippen LogP contribution in [0.1, 0.15) is 55.8 Å². The van der Waals surface area contributed by atoms with E-state index in [0.717, 1.165) is 12.2 Å². The number of aryl methyl sites for hydroxylation is 1. The SMILES string of the molecule is C[As](C)CCC(Oc1ccccc1)c1ccc(CCCCN2CCCCC2)cc1. The van der Waals surface area contributed by atoms with E-state index in [1.165, 1.54) is 74.5 Å². The van der Waals surface area contributed by atoms with Gasteiger partial charge in [-0.05, 0) is 25.9 Å². The minimum absolute atomic E-state index is 0.169. The van der Waals surface area contributed by atoms with Crippen molar-refractivity contribution in [2.75, 3.05) is 19.6 Å². The van der Waals surface area contributed by atoms with Crippen molar-refractivity contribution < 1.29 is 4.74 Å². The summed E-state index contributed by atoms with van der Waals surface area (Å²) in [6.45, 7) is 3.91. The first kappa shape index (κ1) is 22.4. The molecule has 0 amide bonds. The van der Waals surface area contributed by atoms with Crippen LogP contribution in [0.4, 0.5) is 0 Å². The number of hydrogen-bond acceptors (Lipinski definition) is 2. The van der Waals surface area contributed by atoms with Gasteiger partial charge >= 0.3 is 151 Å². The second-order valence-corrected chi connectivity index (χ2v) is 14.1. The van der Waals surface area contributed by atoms with Crippen LogP contribution < -0.4 is 4.74 Å². The first-order valence-electron chi connectivity index (χ1n) is 11.4. The Hall–Kier alpha value is -1.24. The first-order chi connectivity index (χ1) is 14.2. The van der Waals surface area contributed by atoms with Crippen LogP contribution in [-0.2, 0) is 6.42 Å². The standard InChI is InChI=1S/C26H38AsNO/c1-27(2)19-18-26(29-25-12-5-3-6-13-25)24-16-14-23(15-17-24)11-7-10-22-28-20-8-4-9-21-28/h3,5-6,12-17,26H,4,7-11,18-22H2,1-2H3. The molecular formula is C26H38AsNO. The van der Waals surface area contributed by atoms with E-state index >= 15 is 0 Å². The molecule has 1 heterocycles. The number of nitrogens with zero attached hydrogens (tertiary/aromatic N) is 1. The Kier molecular flexibility index (Phi) is 9.64. The minimum atomic E-state index is -0.648. The first-order valence-corrected chi connectivity index (χ1v) is 16.5. The normalized spacial score (nSPS) is 16.1. The fraction of sp³-hybridized carbons (Fsp3) is 0.538. The van der Waals surface area contributed by atoms with Crippen molar-refractivity contribution in [2.24, 2.45) is 0 Å². The van der Waals surface area contributed by atoms with Gasteiger partial charge in [0.15, 0.2) is 0 Å². The zero-order chi connectivity index (χ0) is 20.3. The third-order valence-corrected chi connectivity index (χ3v) is 8.27. The molecular weight excluding hydrogens is 417 g/mol. The number of hydrogen-bond donors (Lipinski definition) is 0. The van der Waals surface area contributed by atoms with Crippen LogP contribution in [0.2, 0.25) is 16.6 Å². The van der Waals surface area contributed by atoms with E-state index in [2.05, 4.69) is 64.9 Å². The summed E-state index contributed by atoms with van der Waals surface area (Å²) in [5.41, 5.74) is 7.64. The van der Waals surface area contributed by atoms with Gasteiger partial charge in [-0.1, -0.05) is 6.42 Å². The van der Waals surface area contributed by atoms with E-state index in [-0.39, 0.29) is 6.10 Å². The number of benzene rings is 2. The van der Waals surface area contributed by atoms with Crippen LogP contribution in [0.3, 0.4) is 0 Å². The zero-order valence-corrected chi connectivity index (χ0v) is 20.2. The molecule has 1 aliphatic rings. The maximum absolute atomic E-state index is 6.37. The summed E-state index contributed by atoms with van der Waals surface area (Å²) in [6, 6.07) is 19.5. The summed E-state index contributed by atoms with van der Waals surface area (Å²) in [7, 11) is 0. The van der Waals surface area contributed by atoms with Crippen LogP contribution in [0.5, 0.6) is 5.75 Å². The molecule has 1 saturated heterocycles. The fourth-order valence-corrected chi connectivity index (χ4v) is 5.65. The molecule has 1 atom stereocenters. The van der Waals surface area contributed by atoms with Crippen molar-refractivity contribution >= 4 is 14.7 Å². The van der Waals surface area contributed by atoms with Gasteiger partial charge in [-0.15, -0.1) is 0 Å². The number of piperidine rings is 1. The molecule has 29 heavy (non-hydrogen) atoms. The van der Waals surface area contributed by atoms with Crippen LogP contribution in [0.15, 0.2) is 54.6 Å². The summed E-state index contributed by atoms with van der Waals surface area (Å²) < 4.78 is 6.37. The zero-order valence-electron chi connectivity index (χ0n) is 18.4. The molecule has 0 radical (unpaired) electrons. The van der Waals surface area contributed by atoms with Crippen molar-refractivity contribution in [3.05, 3.63) is 65.7 Å². The Balaban J connectivity index is 1.50. The Labute approximate surface area is 182 Å². The predicted molar refractivity (Wildman–Crippen MR) is 126 cm³/mol. The molecule has 1 fully saturated rings. The van der Waals surface area contributed by atoms with E-state index in [4.69, 9.17) is 4.74 Å². The Morgan fingerprint density at radius 1 is 0.897 bits per heavy atom. The van der Waals surface area contributed by atoms with Crippen molar-refractivity contribution in [1.29, 1.82) is 0 Å². The van der Waals surface area contributed by atoms with E-state index in [1.807, 2.05) is 6.07 Å². The quantitative estimate of drug-likeness (QED) is 0.274. The van der Waals surface area contributed by atoms with Crippen molar-refractivity contribution in [1.82, 2.24) is 4.90 Å². The molecule has 0 aromatic heterocycles. The number of unbranched alkanes of at least 4 members (excludes halogenated alkanes) is 1. The maximum atomic E-state index is 6.37. The van der Waals surface area contributed by atoms with E-state index < -0.39 is 14.7 Å². The average Bonchev–Trinajstić information content (AvgIpc) is 2.76. The molecule has 0 aliphatic carbocycles. The summed E-state index contributed by atoms with van der Waals surface area (Å²) in [5.74, 6) is 0.977. The van der Waals surface area contributed by atoms with Crippen LogP contribution in [0, 0.1) is 0 Å². The Bertz CT molecular complexity index is 680. The Morgan fingerprint density at radius 2 is 1.62 bits per heavy atom. The molecule has 158 valence electrons. The molecule has 0 bridgehead atoms. The second kappa shape index (κ2) is 12.5. The molecule has 2 aromatic carbocycles. The predicted octanol–water partition coefficient (Wildman–Crippen LogP) is 6.76. The molecule has 2 aromatic rings. The molecule has 0 spiro atoms. The monoisotopic (exact) mass is 455 g/mol. The Morgan fingerprint density at radius 3 is 2.31 bits per heavy atom. The molecule has 0 saturated carbocycles. The van der Waals surface area contributed by atoms with Crippen molar-refractivity contribution in [2.45, 2.75) is 67.7 Å². The number of rotatable bonds is 11. The van der Waals surface area contributed by atoms with Crippen molar-refractivity contribution in [3.63, 3.8) is 0 Å². The van der Waals surface area contributed by atoms with Gasteiger partial charge in [-0.25, -0.2) is 0 Å². The van der Waals surface area contributed by atoms with Gasteiger partial charge in [0.2, 0.25) is 0 Å². The summed E-state index contributed by atoms with van der Waals surface area (Å²) in [4.78, 5) is 2.65. The molecule has 1 aliphatic heterocycles. The second-order valence-electron chi connectivity index (χ2n) is 8.61. The number of ether oxygens (including phenoxy) is 1. The molecule has 3 rings (SSSR count). The van der Waals surface area contributed by atoms with Gasteiger partial charge in [-0.2, -0.15) is 0 Å². The summed E-state index contributed by atoms with van der Waals surface area (Å²) >= 11 is -0.648. The number of para-hydroxylation sites is 1. The molecule has 0 N–H and O–H groups in total. The van der Waals surface area contributed by atoms with Gasteiger partial charge < -0.3 is 0 Å².